The molecule has 0 aromatic carbocycles. The molecule has 0 saturated heterocycles. The Morgan fingerprint density at radius 3 is 2.31 bits per heavy atom. The van der Waals surface area contributed by atoms with Gasteiger partial charge in [0.2, 0.25) is 0 Å². The predicted octanol–water partition coefficient (Wildman–Crippen LogP) is 2.32. The Morgan fingerprint density at radius 1 is 1.31 bits per heavy atom. The third-order valence-corrected chi connectivity index (χ3v) is 3.03. The van der Waals surface area contributed by atoms with Gasteiger partial charge in [-0.2, -0.15) is 0 Å². The summed E-state index contributed by atoms with van der Waals surface area (Å²) < 4.78 is 5.79. The second-order valence-electron chi connectivity index (χ2n) is 3.84. The Morgan fingerprint density at radius 2 is 1.92 bits per heavy atom. The molecule has 0 rings (SSSR count). The first-order valence-electron chi connectivity index (χ1n) is 5.45. The maximum atomic E-state index is 9.69. The number of hydrogen-bond donors (Lipinski definition) is 1. The lowest BCUT2D eigenvalue weighted by molar-refractivity contribution is 0.0271. The SMILES string of the molecule is CCCCC(O[SiH](C)C)C(O)CC. The molecule has 0 spiro atoms. The van der Waals surface area contributed by atoms with Crippen molar-refractivity contribution in [1.82, 2.24) is 0 Å². The van der Waals surface area contributed by atoms with Gasteiger partial charge in [0.15, 0.2) is 9.04 Å². The van der Waals surface area contributed by atoms with E-state index in [1.54, 1.807) is 0 Å². The van der Waals surface area contributed by atoms with Crippen molar-refractivity contribution >= 4 is 9.04 Å². The topological polar surface area (TPSA) is 29.5 Å². The summed E-state index contributed by atoms with van der Waals surface area (Å²) in [5, 5.41) is 9.69. The van der Waals surface area contributed by atoms with E-state index in [2.05, 4.69) is 20.0 Å². The molecule has 2 atom stereocenters. The summed E-state index contributed by atoms with van der Waals surface area (Å²) in [5.74, 6) is 0. The van der Waals surface area contributed by atoms with E-state index in [0.717, 1.165) is 19.3 Å². The Kier molecular flexibility index (Phi) is 7.61. The summed E-state index contributed by atoms with van der Waals surface area (Å²) in [7, 11) is -1.00. The van der Waals surface area contributed by atoms with Crippen LogP contribution in [0, 0.1) is 0 Å². The minimum atomic E-state index is -1.00. The first kappa shape index (κ1) is 13.1. The molecule has 0 amide bonds. The molecule has 3 heteroatoms. The molecule has 80 valence electrons. The van der Waals surface area contributed by atoms with E-state index in [4.69, 9.17) is 4.43 Å². The van der Waals surface area contributed by atoms with Crippen LogP contribution in [0.1, 0.15) is 39.5 Å². The second kappa shape index (κ2) is 7.53. The van der Waals surface area contributed by atoms with Crippen molar-refractivity contribution in [3.8, 4) is 0 Å². The van der Waals surface area contributed by atoms with Gasteiger partial charge < -0.3 is 9.53 Å². The Balaban J connectivity index is 3.87. The van der Waals surface area contributed by atoms with Gasteiger partial charge in [-0.1, -0.05) is 26.7 Å². The molecule has 1 N–H and O–H groups in total. The molecule has 0 bridgehead atoms. The minimum Gasteiger partial charge on any atom is -0.415 e. The number of unbranched alkanes of at least 4 members (excludes halogenated alkanes) is 1. The highest BCUT2D eigenvalue weighted by Crippen LogP contribution is 2.12. The van der Waals surface area contributed by atoms with Crippen molar-refractivity contribution in [3.63, 3.8) is 0 Å². The molecule has 0 aliphatic carbocycles. The first-order valence-corrected chi connectivity index (χ1v) is 8.23. The lowest BCUT2D eigenvalue weighted by atomic mass is 10.1. The van der Waals surface area contributed by atoms with Crippen molar-refractivity contribution < 1.29 is 9.53 Å². The van der Waals surface area contributed by atoms with Crippen LogP contribution in [0.15, 0.2) is 0 Å². The average Bonchev–Trinajstić information content (AvgIpc) is 2.10. The van der Waals surface area contributed by atoms with Crippen molar-refractivity contribution in [2.75, 3.05) is 0 Å². The predicted molar refractivity (Wildman–Crippen MR) is 59.6 cm³/mol. The molecule has 0 aliphatic rings. The number of aliphatic hydroxyl groups excluding tert-OH is 1. The summed E-state index contributed by atoms with van der Waals surface area (Å²) in [6, 6.07) is 0. The highest BCUT2D eigenvalue weighted by Gasteiger charge is 2.18. The standard InChI is InChI=1S/C10H24O2Si/c1-5-7-8-10(9(11)6-2)12-13(3)4/h9-11,13H,5-8H2,1-4H3. The molecule has 0 aromatic heterocycles. The van der Waals surface area contributed by atoms with Crippen LogP contribution < -0.4 is 0 Å². The van der Waals surface area contributed by atoms with E-state index >= 15 is 0 Å². The zero-order chi connectivity index (χ0) is 10.3. The van der Waals surface area contributed by atoms with Gasteiger partial charge in [0.25, 0.3) is 0 Å². The summed E-state index contributed by atoms with van der Waals surface area (Å²) in [6.07, 6.45) is 3.98. The van der Waals surface area contributed by atoms with Crippen LogP contribution in [0.4, 0.5) is 0 Å². The molecule has 0 aromatic rings. The van der Waals surface area contributed by atoms with E-state index in [9.17, 15) is 5.11 Å². The third-order valence-electron chi connectivity index (χ3n) is 2.14. The maximum absolute atomic E-state index is 9.69. The van der Waals surface area contributed by atoms with Crippen LogP contribution in [0.2, 0.25) is 13.1 Å². The van der Waals surface area contributed by atoms with E-state index in [0.29, 0.717) is 0 Å². The number of rotatable bonds is 7. The van der Waals surface area contributed by atoms with Gasteiger partial charge in [0.1, 0.15) is 0 Å². The summed E-state index contributed by atoms with van der Waals surface area (Å²) in [4.78, 5) is 0. The highest BCUT2D eigenvalue weighted by molar-refractivity contribution is 6.48. The molecule has 2 unspecified atom stereocenters. The first-order chi connectivity index (χ1) is 6.11. The van der Waals surface area contributed by atoms with Crippen molar-refractivity contribution in [3.05, 3.63) is 0 Å². The van der Waals surface area contributed by atoms with E-state index in [1.807, 2.05) is 6.92 Å². The maximum Gasteiger partial charge on any atom is 0.171 e. The van der Waals surface area contributed by atoms with Crippen molar-refractivity contribution in [2.45, 2.75) is 64.8 Å². The monoisotopic (exact) mass is 204 g/mol. The quantitative estimate of drug-likeness (QED) is 0.645. The normalized spacial score (nSPS) is 16.2. The van der Waals surface area contributed by atoms with Gasteiger partial charge in [0, 0.05) is 0 Å². The van der Waals surface area contributed by atoms with Gasteiger partial charge >= 0.3 is 0 Å². The molecular formula is C10H24O2Si. The van der Waals surface area contributed by atoms with E-state index < -0.39 is 9.04 Å². The summed E-state index contributed by atoms with van der Waals surface area (Å²) in [5.41, 5.74) is 0. The van der Waals surface area contributed by atoms with Crippen LogP contribution in [-0.4, -0.2) is 26.4 Å². The fourth-order valence-electron chi connectivity index (χ4n) is 1.37. The largest absolute Gasteiger partial charge is 0.415 e. The minimum absolute atomic E-state index is 0.0941. The summed E-state index contributed by atoms with van der Waals surface area (Å²) >= 11 is 0. The lowest BCUT2D eigenvalue weighted by Gasteiger charge is -2.24. The van der Waals surface area contributed by atoms with E-state index in [-0.39, 0.29) is 12.2 Å². The van der Waals surface area contributed by atoms with Crippen LogP contribution in [0.5, 0.6) is 0 Å². The van der Waals surface area contributed by atoms with Crippen LogP contribution >= 0.6 is 0 Å². The molecular weight excluding hydrogens is 180 g/mol. The Labute approximate surface area is 84.0 Å². The van der Waals surface area contributed by atoms with Gasteiger partial charge in [-0.15, -0.1) is 0 Å². The Hall–Kier alpha value is 0.137. The summed E-state index contributed by atoms with van der Waals surface area (Å²) in [6.45, 7) is 8.49. The highest BCUT2D eigenvalue weighted by atomic mass is 28.3. The van der Waals surface area contributed by atoms with Crippen molar-refractivity contribution in [1.29, 1.82) is 0 Å². The number of aliphatic hydroxyl groups is 1. The van der Waals surface area contributed by atoms with Crippen LogP contribution in [0.25, 0.3) is 0 Å². The third kappa shape index (κ3) is 6.24. The van der Waals surface area contributed by atoms with Crippen LogP contribution in [-0.2, 0) is 4.43 Å². The molecule has 0 radical (unpaired) electrons. The molecule has 13 heavy (non-hydrogen) atoms. The lowest BCUT2D eigenvalue weighted by Crippen LogP contribution is -2.32. The van der Waals surface area contributed by atoms with Crippen LogP contribution in [0.3, 0.4) is 0 Å². The van der Waals surface area contributed by atoms with Gasteiger partial charge in [-0.05, 0) is 25.9 Å². The zero-order valence-electron chi connectivity index (χ0n) is 9.42. The van der Waals surface area contributed by atoms with Gasteiger partial charge in [0.05, 0.1) is 12.2 Å². The smallest absolute Gasteiger partial charge is 0.171 e. The molecule has 2 nitrogen and oxygen atoms in total. The molecule has 0 saturated carbocycles. The van der Waals surface area contributed by atoms with Gasteiger partial charge in [-0.25, -0.2) is 0 Å². The van der Waals surface area contributed by atoms with Crippen molar-refractivity contribution in [2.24, 2.45) is 0 Å². The fourth-order valence-corrected chi connectivity index (χ4v) is 2.39. The molecule has 0 aliphatic heterocycles. The average molecular weight is 204 g/mol. The molecule has 0 fully saturated rings. The van der Waals surface area contributed by atoms with E-state index in [1.165, 1.54) is 6.42 Å². The number of hydrogen-bond acceptors (Lipinski definition) is 2. The Bertz CT molecular complexity index is 117. The van der Waals surface area contributed by atoms with Gasteiger partial charge in [-0.3, -0.25) is 0 Å². The second-order valence-corrected chi connectivity index (χ2v) is 6.21. The fraction of sp³-hybridized carbons (Fsp3) is 1.00. The molecule has 0 heterocycles. The zero-order valence-corrected chi connectivity index (χ0v) is 10.6.